The lowest BCUT2D eigenvalue weighted by Crippen LogP contribution is -2.29. The summed E-state index contributed by atoms with van der Waals surface area (Å²) in [6.07, 6.45) is 5.86. The Hall–Kier alpha value is -1.38. The second kappa shape index (κ2) is 9.51. The van der Waals surface area contributed by atoms with Crippen molar-refractivity contribution in [3.8, 4) is 0 Å². The molecule has 0 aliphatic rings. The first-order chi connectivity index (χ1) is 9.65. The summed E-state index contributed by atoms with van der Waals surface area (Å²) in [5.41, 5.74) is 1.000. The van der Waals surface area contributed by atoms with E-state index in [1.54, 1.807) is 12.1 Å². The van der Waals surface area contributed by atoms with E-state index in [1.165, 1.54) is 31.4 Å². The van der Waals surface area contributed by atoms with Crippen LogP contribution >= 0.6 is 0 Å². The molecule has 2 nitrogen and oxygen atoms in total. The van der Waals surface area contributed by atoms with Crippen LogP contribution in [0.2, 0.25) is 0 Å². The minimum Gasteiger partial charge on any atom is -0.356 e. The summed E-state index contributed by atoms with van der Waals surface area (Å²) < 4.78 is 12.8. The lowest BCUT2D eigenvalue weighted by molar-refractivity contribution is -0.121. The summed E-state index contributed by atoms with van der Waals surface area (Å²) >= 11 is 0. The fourth-order valence-corrected chi connectivity index (χ4v) is 2.20. The molecule has 0 aromatic heterocycles. The minimum atomic E-state index is -0.236. The number of aryl methyl sites for hydroxylation is 1. The van der Waals surface area contributed by atoms with Crippen LogP contribution in [0, 0.1) is 11.7 Å². The fraction of sp³-hybridized carbons (Fsp3) is 0.588. The molecule has 0 fully saturated rings. The average Bonchev–Trinajstić information content (AvgIpc) is 2.47. The van der Waals surface area contributed by atoms with Crippen LogP contribution in [0.1, 0.15) is 51.5 Å². The molecule has 0 saturated heterocycles. The van der Waals surface area contributed by atoms with Crippen LogP contribution in [0.4, 0.5) is 4.39 Å². The molecule has 0 aliphatic heterocycles. The van der Waals surface area contributed by atoms with Crippen LogP contribution in [0.3, 0.4) is 0 Å². The number of amides is 1. The van der Waals surface area contributed by atoms with E-state index in [-0.39, 0.29) is 11.7 Å². The fourth-order valence-electron chi connectivity index (χ4n) is 2.20. The van der Waals surface area contributed by atoms with Crippen LogP contribution < -0.4 is 5.32 Å². The number of nitrogens with one attached hydrogen (secondary N) is 1. The lowest BCUT2D eigenvalue weighted by Gasteiger charge is -2.15. The topological polar surface area (TPSA) is 29.1 Å². The molecule has 0 heterocycles. The van der Waals surface area contributed by atoms with Gasteiger partial charge in [-0.25, -0.2) is 4.39 Å². The Morgan fingerprint density at radius 1 is 1.25 bits per heavy atom. The van der Waals surface area contributed by atoms with Gasteiger partial charge in [0.2, 0.25) is 5.91 Å². The van der Waals surface area contributed by atoms with E-state index in [4.69, 9.17) is 0 Å². The second-order valence-electron chi connectivity index (χ2n) is 5.35. The van der Waals surface area contributed by atoms with Gasteiger partial charge in [-0.2, -0.15) is 0 Å². The molecule has 0 saturated carbocycles. The van der Waals surface area contributed by atoms with Crippen molar-refractivity contribution in [2.24, 2.45) is 5.92 Å². The van der Waals surface area contributed by atoms with Crippen molar-refractivity contribution in [1.82, 2.24) is 5.32 Å². The van der Waals surface area contributed by atoms with Gasteiger partial charge in [-0.05, 0) is 36.5 Å². The van der Waals surface area contributed by atoms with Crippen LogP contribution in [-0.2, 0) is 11.2 Å². The first kappa shape index (κ1) is 16.7. The molecule has 1 N–H and O–H groups in total. The van der Waals surface area contributed by atoms with Crippen LogP contribution in [-0.4, -0.2) is 12.5 Å². The number of hydrogen-bond acceptors (Lipinski definition) is 1. The van der Waals surface area contributed by atoms with Gasteiger partial charge < -0.3 is 5.32 Å². The molecule has 1 aromatic rings. The number of carbonyl (C=O) groups excluding carboxylic acids is 1. The van der Waals surface area contributed by atoms with Gasteiger partial charge in [0, 0.05) is 13.0 Å². The first-order valence-corrected chi connectivity index (χ1v) is 7.66. The van der Waals surface area contributed by atoms with E-state index in [9.17, 15) is 9.18 Å². The normalized spacial score (nSPS) is 12.2. The summed E-state index contributed by atoms with van der Waals surface area (Å²) in [5.74, 6) is 0.439. The predicted octanol–water partition coefficient (Wildman–Crippen LogP) is 4.09. The van der Waals surface area contributed by atoms with Gasteiger partial charge in [0.25, 0.3) is 0 Å². The van der Waals surface area contributed by atoms with Crippen molar-refractivity contribution in [3.63, 3.8) is 0 Å². The van der Waals surface area contributed by atoms with E-state index < -0.39 is 0 Å². The SMILES string of the molecule is CCCC[C@@H](CC)CNC(=O)CCc1ccc(F)cc1. The van der Waals surface area contributed by atoms with E-state index in [0.29, 0.717) is 18.8 Å². The first-order valence-electron chi connectivity index (χ1n) is 7.66. The highest BCUT2D eigenvalue weighted by Gasteiger charge is 2.08. The quantitative estimate of drug-likeness (QED) is 0.724. The molecule has 0 radical (unpaired) electrons. The summed E-state index contributed by atoms with van der Waals surface area (Å²) in [6, 6.07) is 6.34. The molecule has 3 heteroatoms. The third kappa shape index (κ3) is 6.69. The Morgan fingerprint density at radius 2 is 1.95 bits per heavy atom. The molecule has 0 spiro atoms. The molecule has 0 bridgehead atoms. The number of halogens is 1. The summed E-state index contributed by atoms with van der Waals surface area (Å²) in [7, 11) is 0. The zero-order chi connectivity index (χ0) is 14.8. The van der Waals surface area contributed by atoms with Gasteiger partial charge >= 0.3 is 0 Å². The molecule has 1 rings (SSSR count). The summed E-state index contributed by atoms with van der Waals surface area (Å²) in [5, 5.41) is 3.01. The minimum absolute atomic E-state index is 0.0873. The molecule has 1 amide bonds. The zero-order valence-corrected chi connectivity index (χ0v) is 12.6. The third-order valence-corrected chi connectivity index (χ3v) is 3.69. The predicted molar refractivity (Wildman–Crippen MR) is 81.0 cm³/mol. The van der Waals surface area contributed by atoms with Crippen molar-refractivity contribution >= 4 is 5.91 Å². The van der Waals surface area contributed by atoms with Crippen molar-refractivity contribution in [2.45, 2.75) is 52.4 Å². The standard InChI is InChI=1S/C17H26FNO/c1-3-5-6-14(4-2)13-19-17(20)12-9-15-7-10-16(18)11-8-15/h7-8,10-11,14H,3-6,9,12-13H2,1-2H3,(H,19,20)/t14-/m1/s1. The Morgan fingerprint density at radius 3 is 2.55 bits per heavy atom. The van der Waals surface area contributed by atoms with Gasteiger partial charge in [-0.3, -0.25) is 4.79 Å². The molecule has 1 aromatic carbocycles. The van der Waals surface area contributed by atoms with Gasteiger partial charge in [-0.1, -0.05) is 45.2 Å². The van der Waals surface area contributed by atoms with E-state index >= 15 is 0 Å². The van der Waals surface area contributed by atoms with Crippen molar-refractivity contribution in [2.75, 3.05) is 6.54 Å². The molecule has 0 aliphatic carbocycles. The van der Waals surface area contributed by atoms with E-state index in [1.807, 2.05) is 0 Å². The van der Waals surface area contributed by atoms with Crippen molar-refractivity contribution in [1.29, 1.82) is 0 Å². The Labute approximate surface area is 121 Å². The largest absolute Gasteiger partial charge is 0.356 e. The Bertz CT molecular complexity index is 388. The highest BCUT2D eigenvalue weighted by Crippen LogP contribution is 2.11. The van der Waals surface area contributed by atoms with Gasteiger partial charge in [0.05, 0.1) is 0 Å². The average molecular weight is 279 g/mol. The smallest absolute Gasteiger partial charge is 0.220 e. The molecule has 20 heavy (non-hydrogen) atoms. The molecule has 112 valence electrons. The third-order valence-electron chi connectivity index (χ3n) is 3.69. The molecular weight excluding hydrogens is 253 g/mol. The number of hydrogen-bond donors (Lipinski definition) is 1. The zero-order valence-electron chi connectivity index (χ0n) is 12.6. The maximum absolute atomic E-state index is 12.8. The molecule has 0 unspecified atom stereocenters. The van der Waals surface area contributed by atoms with Crippen LogP contribution in [0.5, 0.6) is 0 Å². The van der Waals surface area contributed by atoms with Gasteiger partial charge in [0.15, 0.2) is 0 Å². The van der Waals surface area contributed by atoms with E-state index in [2.05, 4.69) is 19.2 Å². The maximum Gasteiger partial charge on any atom is 0.220 e. The lowest BCUT2D eigenvalue weighted by atomic mass is 9.99. The molecular formula is C17H26FNO. The van der Waals surface area contributed by atoms with E-state index in [0.717, 1.165) is 18.5 Å². The number of benzene rings is 1. The number of carbonyl (C=O) groups is 1. The monoisotopic (exact) mass is 279 g/mol. The summed E-state index contributed by atoms with van der Waals surface area (Å²) in [4.78, 5) is 11.8. The Balaban J connectivity index is 2.24. The van der Waals surface area contributed by atoms with Crippen molar-refractivity contribution < 1.29 is 9.18 Å². The highest BCUT2D eigenvalue weighted by atomic mass is 19.1. The van der Waals surface area contributed by atoms with Gasteiger partial charge in [0.1, 0.15) is 5.82 Å². The van der Waals surface area contributed by atoms with Crippen LogP contribution in [0.25, 0.3) is 0 Å². The summed E-state index contributed by atoms with van der Waals surface area (Å²) in [6.45, 7) is 5.14. The Kier molecular flexibility index (Phi) is 7.93. The van der Waals surface area contributed by atoms with Crippen molar-refractivity contribution in [3.05, 3.63) is 35.6 Å². The number of unbranched alkanes of at least 4 members (excludes halogenated alkanes) is 1. The number of rotatable bonds is 9. The molecule has 1 atom stereocenters. The van der Waals surface area contributed by atoms with Crippen LogP contribution in [0.15, 0.2) is 24.3 Å². The van der Waals surface area contributed by atoms with Gasteiger partial charge in [-0.15, -0.1) is 0 Å². The maximum atomic E-state index is 12.8. The second-order valence-corrected chi connectivity index (χ2v) is 5.35. The highest BCUT2D eigenvalue weighted by molar-refractivity contribution is 5.76.